The quantitative estimate of drug-likeness (QED) is 0.264. The van der Waals surface area contributed by atoms with Crippen molar-refractivity contribution in [3.05, 3.63) is 23.9 Å². The van der Waals surface area contributed by atoms with Gasteiger partial charge in [0.2, 0.25) is 5.88 Å². The van der Waals surface area contributed by atoms with Gasteiger partial charge in [-0.3, -0.25) is 4.90 Å². The van der Waals surface area contributed by atoms with E-state index in [2.05, 4.69) is 32.4 Å². The molecule has 0 spiro atoms. The first-order chi connectivity index (χ1) is 11.8. The lowest BCUT2D eigenvalue weighted by molar-refractivity contribution is 0.0376. The number of guanidine groups is 1. The number of nitrogens with one attached hydrogen (secondary N) is 2. The van der Waals surface area contributed by atoms with E-state index in [1.807, 2.05) is 18.2 Å². The molecule has 1 aliphatic heterocycles. The number of hydrogen-bond acceptors (Lipinski definition) is 5. The third kappa shape index (κ3) is 8.68. The summed E-state index contributed by atoms with van der Waals surface area (Å²) < 4.78 is 10.5. The van der Waals surface area contributed by atoms with Crippen LogP contribution in [0.4, 0.5) is 0 Å². The molecule has 2 N–H and O–H groups in total. The molecular formula is C17H30IN5O2. The highest BCUT2D eigenvalue weighted by Crippen LogP contribution is 2.07. The van der Waals surface area contributed by atoms with E-state index in [-0.39, 0.29) is 24.0 Å². The molecule has 0 bridgehead atoms. The topological polar surface area (TPSA) is 71.0 Å². The molecule has 0 aromatic carbocycles. The SMILES string of the molecule is CCNC(=NCc1cccc(OC)n1)NCCCN1CCOCC1.I. The average molecular weight is 463 g/mol. The number of aromatic nitrogens is 1. The maximum absolute atomic E-state index is 5.37. The molecule has 0 amide bonds. The Morgan fingerprint density at radius 3 is 2.84 bits per heavy atom. The van der Waals surface area contributed by atoms with Crippen molar-refractivity contribution in [3.8, 4) is 5.88 Å². The van der Waals surface area contributed by atoms with E-state index in [1.165, 1.54) is 0 Å². The van der Waals surface area contributed by atoms with Crippen LogP contribution in [0.15, 0.2) is 23.2 Å². The van der Waals surface area contributed by atoms with Crippen LogP contribution in [-0.2, 0) is 11.3 Å². The van der Waals surface area contributed by atoms with Gasteiger partial charge in [0, 0.05) is 32.2 Å². The van der Waals surface area contributed by atoms with Gasteiger partial charge in [-0.05, 0) is 26.0 Å². The highest BCUT2D eigenvalue weighted by Gasteiger charge is 2.09. The van der Waals surface area contributed by atoms with Crippen LogP contribution < -0.4 is 15.4 Å². The summed E-state index contributed by atoms with van der Waals surface area (Å²) in [6.07, 6.45) is 1.09. The second kappa shape index (κ2) is 13.1. The number of aliphatic imine (C=N–C) groups is 1. The lowest BCUT2D eigenvalue weighted by Gasteiger charge is -2.26. The summed E-state index contributed by atoms with van der Waals surface area (Å²) in [6, 6.07) is 5.72. The molecule has 1 aliphatic rings. The van der Waals surface area contributed by atoms with Crippen molar-refractivity contribution in [2.45, 2.75) is 19.9 Å². The van der Waals surface area contributed by atoms with E-state index < -0.39 is 0 Å². The molecule has 2 rings (SSSR count). The maximum atomic E-state index is 5.37. The predicted molar refractivity (Wildman–Crippen MR) is 111 cm³/mol. The number of pyridine rings is 1. The first kappa shape index (κ1) is 21.9. The fraction of sp³-hybridized carbons (Fsp3) is 0.647. The van der Waals surface area contributed by atoms with E-state index in [9.17, 15) is 0 Å². The molecule has 1 aromatic rings. The van der Waals surface area contributed by atoms with Crippen molar-refractivity contribution >= 4 is 29.9 Å². The molecule has 0 unspecified atom stereocenters. The Hall–Kier alpha value is -1.13. The number of rotatable bonds is 8. The van der Waals surface area contributed by atoms with Crippen LogP contribution in [0.3, 0.4) is 0 Å². The molecular weight excluding hydrogens is 433 g/mol. The molecule has 1 saturated heterocycles. The second-order valence-corrected chi connectivity index (χ2v) is 5.60. The van der Waals surface area contributed by atoms with Gasteiger partial charge in [0.1, 0.15) is 0 Å². The van der Waals surface area contributed by atoms with Crippen LogP contribution in [0.2, 0.25) is 0 Å². The summed E-state index contributed by atoms with van der Waals surface area (Å²) in [5, 5.41) is 6.65. The van der Waals surface area contributed by atoms with Gasteiger partial charge in [-0.2, -0.15) is 0 Å². The van der Waals surface area contributed by atoms with Crippen molar-refractivity contribution < 1.29 is 9.47 Å². The average Bonchev–Trinajstić information content (AvgIpc) is 2.64. The Balaban J connectivity index is 0.00000312. The number of halogens is 1. The summed E-state index contributed by atoms with van der Waals surface area (Å²) in [6.45, 7) is 9.19. The van der Waals surface area contributed by atoms with Gasteiger partial charge < -0.3 is 20.1 Å². The molecule has 25 heavy (non-hydrogen) atoms. The number of hydrogen-bond donors (Lipinski definition) is 2. The standard InChI is InChI=1S/C17H29N5O2.HI/c1-3-18-17(19-8-5-9-22-10-12-24-13-11-22)20-14-15-6-4-7-16(21-15)23-2;/h4,6-7H,3,5,8-14H2,1-2H3,(H2,18,19,20);1H. The van der Waals surface area contributed by atoms with Crippen molar-refractivity contribution in [2.24, 2.45) is 4.99 Å². The summed E-state index contributed by atoms with van der Waals surface area (Å²) in [5.74, 6) is 1.44. The van der Waals surface area contributed by atoms with E-state index in [0.29, 0.717) is 12.4 Å². The Morgan fingerprint density at radius 2 is 2.12 bits per heavy atom. The summed E-state index contributed by atoms with van der Waals surface area (Å²) in [5.41, 5.74) is 0.889. The second-order valence-electron chi connectivity index (χ2n) is 5.60. The Morgan fingerprint density at radius 1 is 1.32 bits per heavy atom. The fourth-order valence-corrected chi connectivity index (χ4v) is 2.50. The van der Waals surface area contributed by atoms with Crippen molar-refractivity contribution in [3.63, 3.8) is 0 Å². The highest BCUT2D eigenvalue weighted by molar-refractivity contribution is 14.0. The number of ether oxygens (including phenoxy) is 2. The van der Waals surface area contributed by atoms with E-state index in [1.54, 1.807) is 7.11 Å². The molecule has 0 atom stereocenters. The zero-order chi connectivity index (χ0) is 17.0. The normalized spacial score (nSPS) is 15.4. The van der Waals surface area contributed by atoms with E-state index in [0.717, 1.165) is 64.0 Å². The molecule has 0 saturated carbocycles. The lowest BCUT2D eigenvalue weighted by Crippen LogP contribution is -2.40. The van der Waals surface area contributed by atoms with Crippen LogP contribution >= 0.6 is 24.0 Å². The maximum Gasteiger partial charge on any atom is 0.213 e. The van der Waals surface area contributed by atoms with Crippen LogP contribution in [0, 0.1) is 0 Å². The van der Waals surface area contributed by atoms with E-state index in [4.69, 9.17) is 9.47 Å². The summed E-state index contributed by atoms with van der Waals surface area (Å²) >= 11 is 0. The third-order valence-corrected chi connectivity index (χ3v) is 3.78. The van der Waals surface area contributed by atoms with Gasteiger partial charge in [-0.1, -0.05) is 6.07 Å². The third-order valence-electron chi connectivity index (χ3n) is 3.78. The van der Waals surface area contributed by atoms with Crippen molar-refractivity contribution in [1.82, 2.24) is 20.5 Å². The van der Waals surface area contributed by atoms with Gasteiger partial charge in [0.05, 0.1) is 32.6 Å². The van der Waals surface area contributed by atoms with E-state index >= 15 is 0 Å². The van der Waals surface area contributed by atoms with Gasteiger partial charge >= 0.3 is 0 Å². The number of morpholine rings is 1. The molecule has 7 nitrogen and oxygen atoms in total. The molecule has 0 radical (unpaired) electrons. The van der Waals surface area contributed by atoms with Crippen molar-refractivity contribution in [1.29, 1.82) is 0 Å². The summed E-state index contributed by atoms with van der Waals surface area (Å²) in [4.78, 5) is 11.4. The zero-order valence-corrected chi connectivity index (χ0v) is 17.5. The van der Waals surface area contributed by atoms with Gasteiger partial charge in [0.25, 0.3) is 0 Å². The van der Waals surface area contributed by atoms with Gasteiger partial charge in [-0.15, -0.1) is 24.0 Å². The first-order valence-corrected chi connectivity index (χ1v) is 8.64. The van der Waals surface area contributed by atoms with Crippen LogP contribution in [0.25, 0.3) is 0 Å². The minimum atomic E-state index is 0. The molecule has 1 aromatic heterocycles. The molecule has 1 fully saturated rings. The monoisotopic (exact) mass is 463 g/mol. The minimum absolute atomic E-state index is 0. The molecule has 8 heteroatoms. The minimum Gasteiger partial charge on any atom is -0.481 e. The number of nitrogens with zero attached hydrogens (tertiary/aromatic N) is 3. The van der Waals surface area contributed by atoms with Crippen molar-refractivity contribution in [2.75, 3.05) is 53.0 Å². The Bertz CT molecular complexity index is 510. The molecule has 2 heterocycles. The van der Waals surface area contributed by atoms with Crippen LogP contribution in [-0.4, -0.2) is 68.9 Å². The highest BCUT2D eigenvalue weighted by atomic mass is 127. The molecule has 142 valence electrons. The predicted octanol–water partition coefficient (Wildman–Crippen LogP) is 1.49. The van der Waals surface area contributed by atoms with Gasteiger partial charge in [0.15, 0.2) is 5.96 Å². The summed E-state index contributed by atoms with van der Waals surface area (Å²) in [7, 11) is 1.62. The van der Waals surface area contributed by atoms with Crippen LogP contribution in [0.5, 0.6) is 5.88 Å². The Labute approximate surface area is 167 Å². The first-order valence-electron chi connectivity index (χ1n) is 8.64. The lowest BCUT2D eigenvalue weighted by atomic mass is 10.3. The largest absolute Gasteiger partial charge is 0.481 e. The zero-order valence-electron chi connectivity index (χ0n) is 15.2. The smallest absolute Gasteiger partial charge is 0.213 e. The molecule has 0 aliphatic carbocycles. The van der Waals surface area contributed by atoms with Gasteiger partial charge in [-0.25, -0.2) is 9.98 Å². The van der Waals surface area contributed by atoms with Crippen LogP contribution in [0.1, 0.15) is 19.0 Å². The number of methoxy groups -OCH3 is 1. The fourth-order valence-electron chi connectivity index (χ4n) is 2.50. The Kier molecular flexibility index (Phi) is 11.5.